The molecule has 2 aliphatic rings. The van der Waals surface area contributed by atoms with Gasteiger partial charge in [-0.05, 0) is 36.5 Å². The van der Waals surface area contributed by atoms with Gasteiger partial charge in [-0.1, -0.05) is 31.9 Å². The molecular formula is C20H31ClN2O3. The minimum atomic E-state index is 0. The fourth-order valence-corrected chi connectivity index (χ4v) is 3.67. The maximum absolute atomic E-state index is 12.2. The summed E-state index contributed by atoms with van der Waals surface area (Å²) in [6.45, 7) is 5.04. The SMILES string of the molecule is CC1CCCC(OCc2cccc(NC(=O)CC3COCCN3)c2)C1.Cl. The molecule has 1 heterocycles. The molecule has 0 radical (unpaired) electrons. The molecular weight excluding hydrogens is 352 g/mol. The summed E-state index contributed by atoms with van der Waals surface area (Å²) in [5, 5.41) is 6.29. The molecule has 1 saturated carbocycles. The highest BCUT2D eigenvalue weighted by Crippen LogP contribution is 2.26. The first-order chi connectivity index (χ1) is 12.2. The Bertz CT molecular complexity index is 564. The van der Waals surface area contributed by atoms with E-state index in [0.29, 0.717) is 25.7 Å². The van der Waals surface area contributed by atoms with Crippen LogP contribution in [0.25, 0.3) is 0 Å². The maximum atomic E-state index is 12.2. The molecule has 2 N–H and O–H groups in total. The first kappa shape index (κ1) is 21.2. The van der Waals surface area contributed by atoms with Crippen LogP contribution < -0.4 is 10.6 Å². The summed E-state index contributed by atoms with van der Waals surface area (Å²) < 4.78 is 11.5. The highest BCUT2D eigenvalue weighted by molar-refractivity contribution is 5.91. The number of anilines is 1. The molecule has 3 unspecified atom stereocenters. The topological polar surface area (TPSA) is 59.6 Å². The molecule has 0 spiro atoms. The second-order valence-corrected chi connectivity index (χ2v) is 7.38. The normalized spacial score (nSPS) is 26.0. The van der Waals surface area contributed by atoms with Crippen LogP contribution in [0.4, 0.5) is 5.69 Å². The number of hydrogen-bond acceptors (Lipinski definition) is 4. The van der Waals surface area contributed by atoms with E-state index < -0.39 is 0 Å². The molecule has 3 rings (SSSR count). The highest BCUT2D eigenvalue weighted by atomic mass is 35.5. The van der Waals surface area contributed by atoms with E-state index in [-0.39, 0.29) is 24.4 Å². The van der Waals surface area contributed by atoms with Gasteiger partial charge in [-0.2, -0.15) is 0 Å². The Kier molecular flexibility index (Phi) is 8.85. The number of morpholine rings is 1. The van der Waals surface area contributed by atoms with Gasteiger partial charge >= 0.3 is 0 Å². The van der Waals surface area contributed by atoms with Gasteiger partial charge < -0.3 is 20.1 Å². The third kappa shape index (κ3) is 6.88. The number of benzene rings is 1. The van der Waals surface area contributed by atoms with Crippen molar-refractivity contribution in [1.82, 2.24) is 5.32 Å². The van der Waals surface area contributed by atoms with Crippen LogP contribution in [0.5, 0.6) is 0 Å². The van der Waals surface area contributed by atoms with E-state index in [1.807, 2.05) is 18.2 Å². The van der Waals surface area contributed by atoms with Crippen LogP contribution in [0.15, 0.2) is 24.3 Å². The molecule has 0 aromatic heterocycles. The zero-order valence-electron chi connectivity index (χ0n) is 15.5. The lowest BCUT2D eigenvalue weighted by Crippen LogP contribution is -2.43. The van der Waals surface area contributed by atoms with E-state index in [1.54, 1.807) is 0 Å². The van der Waals surface area contributed by atoms with Gasteiger partial charge in [0.15, 0.2) is 0 Å². The predicted molar refractivity (Wildman–Crippen MR) is 106 cm³/mol. The number of amides is 1. The zero-order valence-corrected chi connectivity index (χ0v) is 16.4. The van der Waals surface area contributed by atoms with Crippen LogP contribution in [0.3, 0.4) is 0 Å². The molecule has 5 nitrogen and oxygen atoms in total. The molecule has 146 valence electrons. The van der Waals surface area contributed by atoms with Crippen molar-refractivity contribution >= 4 is 24.0 Å². The summed E-state index contributed by atoms with van der Waals surface area (Å²) in [6, 6.07) is 8.07. The minimum absolute atomic E-state index is 0. The highest BCUT2D eigenvalue weighted by Gasteiger charge is 2.19. The molecule has 1 aromatic carbocycles. The van der Waals surface area contributed by atoms with Gasteiger partial charge in [0.2, 0.25) is 5.91 Å². The average molecular weight is 383 g/mol. The summed E-state index contributed by atoms with van der Waals surface area (Å²) in [6.07, 6.45) is 5.72. The Balaban J connectivity index is 0.00000243. The third-order valence-electron chi connectivity index (χ3n) is 5.01. The lowest BCUT2D eigenvalue weighted by Gasteiger charge is -2.26. The number of nitrogens with one attached hydrogen (secondary N) is 2. The van der Waals surface area contributed by atoms with Crippen molar-refractivity contribution in [2.45, 2.75) is 57.8 Å². The zero-order chi connectivity index (χ0) is 17.5. The summed E-state index contributed by atoms with van der Waals surface area (Å²) >= 11 is 0. The van der Waals surface area contributed by atoms with Gasteiger partial charge in [0.1, 0.15) is 0 Å². The molecule has 2 fully saturated rings. The van der Waals surface area contributed by atoms with E-state index in [4.69, 9.17) is 9.47 Å². The van der Waals surface area contributed by atoms with Crippen molar-refractivity contribution < 1.29 is 14.3 Å². The Morgan fingerprint density at radius 2 is 2.27 bits per heavy atom. The smallest absolute Gasteiger partial charge is 0.226 e. The second kappa shape index (κ2) is 10.9. The van der Waals surface area contributed by atoms with Crippen LogP contribution in [-0.2, 0) is 20.9 Å². The van der Waals surface area contributed by atoms with Crippen molar-refractivity contribution in [1.29, 1.82) is 0 Å². The largest absolute Gasteiger partial charge is 0.378 e. The lowest BCUT2D eigenvalue weighted by molar-refractivity contribution is -0.117. The Morgan fingerprint density at radius 3 is 3.04 bits per heavy atom. The number of carbonyl (C=O) groups is 1. The first-order valence-electron chi connectivity index (χ1n) is 9.50. The van der Waals surface area contributed by atoms with Gasteiger partial charge in [-0.15, -0.1) is 12.4 Å². The predicted octanol–water partition coefficient (Wildman–Crippen LogP) is 3.52. The number of halogens is 1. The number of rotatable bonds is 6. The number of carbonyl (C=O) groups excluding carboxylic acids is 1. The van der Waals surface area contributed by atoms with E-state index in [2.05, 4.69) is 23.6 Å². The Morgan fingerprint density at radius 1 is 1.38 bits per heavy atom. The van der Waals surface area contributed by atoms with Gasteiger partial charge in [0, 0.05) is 24.7 Å². The molecule has 6 heteroatoms. The van der Waals surface area contributed by atoms with E-state index in [1.165, 1.54) is 12.8 Å². The summed E-state index contributed by atoms with van der Waals surface area (Å²) in [5.41, 5.74) is 1.94. The molecule has 1 aliphatic heterocycles. The lowest BCUT2D eigenvalue weighted by atomic mass is 9.89. The molecule has 0 bridgehead atoms. The Labute approximate surface area is 162 Å². The monoisotopic (exact) mass is 382 g/mol. The minimum Gasteiger partial charge on any atom is -0.378 e. The van der Waals surface area contributed by atoms with Crippen LogP contribution in [-0.4, -0.2) is 37.8 Å². The average Bonchev–Trinajstić information content (AvgIpc) is 2.61. The van der Waals surface area contributed by atoms with Gasteiger partial charge in [0.05, 0.1) is 25.9 Å². The van der Waals surface area contributed by atoms with Crippen molar-refractivity contribution in [3.8, 4) is 0 Å². The number of hydrogen-bond donors (Lipinski definition) is 2. The molecule has 26 heavy (non-hydrogen) atoms. The Hall–Kier alpha value is -1.14. The standard InChI is InChI=1S/C20H30N2O3.ClH/c1-15-4-2-7-19(10-15)25-13-16-5-3-6-17(11-16)22-20(23)12-18-14-24-9-8-21-18;/h3,5-6,11,15,18-19,21H,2,4,7-10,12-14H2,1H3,(H,22,23);1H. The first-order valence-corrected chi connectivity index (χ1v) is 9.50. The number of ether oxygens (including phenoxy) is 2. The fraction of sp³-hybridized carbons (Fsp3) is 0.650. The van der Waals surface area contributed by atoms with E-state index in [9.17, 15) is 4.79 Å². The molecule has 1 amide bonds. The quantitative estimate of drug-likeness (QED) is 0.790. The van der Waals surface area contributed by atoms with Crippen molar-refractivity contribution in [3.63, 3.8) is 0 Å². The fourth-order valence-electron chi connectivity index (χ4n) is 3.67. The van der Waals surface area contributed by atoms with E-state index in [0.717, 1.165) is 43.2 Å². The third-order valence-corrected chi connectivity index (χ3v) is 5.01. The molecule has 1 saturated heterocycles. The maximum Gasteiger partial charge on any atom is 0.226 e. The van der Waals surface area contributed by atoms with E-state index >= 15 is 0 Å². The van der Waals surface area contributed by atoms with Crippen molar-refractivity contribution in [3.05, 3.63) is 29.8 Å². The molecule has 1 aliphatic carbocycles. The van der Waals surface area contributed by atoms with Gasteiger partial charge in [-0.3, -0.25) is 4.79 Å². The molecule has 3 atom stereocenters. The van der Waals surface area contributed by atoms with Crippen LogP contribution in [0.2, 0.25) is 0 Å². The summed E-state index contributed by atoms with van der Waals surface area (Å²) in [7, 11) is 0. The van der Waals surface area contributed by atoms with Gasteiger partial charge in [0.25, 0.3) is 0 Å². The van der Waals surface area contributed by atoms with Gasteiger partial charge in [-0.25, -0.2) is 0 Å². The summed E-state index contributed by atoms with van der Waals surface area (Å²) in [4.78, 5) is 12.2. The van der Waals surface area contributed by atoms with Crippen LogP contribution in [0, 0.1) is 5.92 Å². The summed E-state index contributed by atoms with van der Waals surface area (Å²) in [5.74, 6) is 0.781. The van der Waals surface area contributed by atoms with Crippen molar-refractivity contribution in [2.75, 3.05) is 25.1 Å². The molecule has 1 aromatic rings. The second-order valence-electron chi connectivity index (χ2n) is 7.38. The van der Waals surface area contributed by atoms with Crippen LogP contribution in [0.1, 0.15) is 44.6 Å². The van der Waals surface area contributed by atoms with Crippen molar-refractivity contribution in [2.24, 2.45) is 5.92 Å². The van der Waals surface area contributed by atoms with Crippen LogP contribution >= 0.6 is 12.4 Å².